The maximum Gasteiger partial charge on any atom is 0.335 e. The highest BCUT2D eigenvalue weighted by Crippen LogP contribution is 2.23. The van der Waals surface area contributed by atoms with Gasteiger partial charge in [0.2, 0.25) is 0 Å². The van der Waals surface area contributed by atoms with Gasteiger partial charge in [0.25, 0.3) is 0 Å². The lowest BCUT2D eigenvalue weighted by Gasteiger charge is -2.08. The first-order chi connectivity index (χ1) is 8.20. The monoisotopic (exact) mass is 280 g/mol. The molecule has 1 N–H and O–H groups in total. The minimum absolute atomic E-state index is 0.396. The molecule has 0 radical (unpaired) electrons. The van der Waals surface area contributed by atoms with Crippen LogP contribution in [0, 0.1) is 11.6 Å². The van der Waals surface area contributed by atoms with Gasteiger partial charge in [0, 0.05) is 6.26 Å². The predicted octanol–water partition coefficient (Wildman–Crippen LogP) is 1.09. The fourth-order valence-electron chi connectivity index (χ4n) is 1.12. The van der Waals surface area contributed by atoms with Crippen molar-refractivity contribution in [3.63, 3.8) is 0 Å². The Balaban J connectivity index is 2.87. The molecule has 0 heterocycles. The van der Waals surface area contributed by atoms with Gasteiger partial charge in [0.1, 0.15) is 6.61 Å². The van der Waals surface area contributed by atoms with Crippen LogP contribution in [-0.2, 0) is 9.84 Å². The van der Waals surface area contributed by atoms with Crippen molar-refractivity contribution in [3.05, 3.63) is 29.3 Å². The molecule has 0 atom stereocenters. The van der Waals surface area contributed by atoms with Crippen LogP contribution >= 0.6 is 0 Å². The van der Waals surface area contributed by atoms with Gasteiger partial charge in [-0.25, -0.2) is 22.0 Å². The maximum absolute atomic E-state index is 13.3. The van der Waals surface area contributed by atoms with Gasteiger partial charge in [-0.1, -0.05) is 0 Å². The summed E-state index contributed by atoms with van der Waals surface area (Å²) in [6, 6.07) is 1.20. The molecule has 0 aliphatic carbocycles. The van der Waals surface area contributed by atoms with Crippen molar-refractivity contribution in [1.29, 1.82) is 0 Å². The average Bonchev–Trinajstić information content (AvgIpc) is 2.20. The zero-order chi connectivity index (χ0) is 13.9. The Morgan fingerprint density at radius 3 is 2.22 bits per heavy atom. The van der Waals surface area contributed by atoms with Crippen LogP contribution in [0.25, 0.3) is 0 Å². The predicted molar refractivity (Wildman–Crippen MR) is 58.5 cm³/mol. The normalized spacial score (nSPS) is 11.3. The molecule has 18 heavy (non-hydrogen) atoms. The van der Waals surface area contributed by atoms with Crippen molar-refractivity contribution < 1.29 is 31.8 Å². The number of hydrogen-bond acceptors (Lipinski definition) is 4. The number of ether oxygens (including phenoxy) is 1. The standard InChI is InChI=1S/C10H10F2O5S/c1-18(15,16)3-2-17-9-7(11)4-6(10(13)14)5-8(9)12/h4-5H,2-3H2,1H3,(H,13,14). The van der Waals surface area contributed by atoms with Gasteiger partial charge in [-0.2, -0.15) is 0 Å². The van der Waals surface area contributed by atoms with Crippen LogP contribution in [0.5, 0.6) is 5.75 Å². The molecule has 0 aliphatic rings. The smallest absolute Gasteiger partial charge is 0.335 e. The molecule has 0 aliphatic heterocycles. The van der Waals surface area contributed by atoms with E-state index in [0.29, 0.717) is 12.1 Å². The summed E-state index contributed by atoms with van der Waals surface area (Å²) in [4.78, 5) is 10.5. The van der Waals surface area contributed by atoms with E-state index in [1.807, 2.05) is 0 Å². The number of aromatic carboxylic acids is 1. The van der Waals surface area contributed by atoms with Crippen LogP contribution in [0.15, 0.2) is 12.1 Å². The SMILES string of the molecule is CS(=O)(=O)CCOc1c(F)cc(C(=O)O)cc1F. The molecule has 0 bridgehead atoms. The third-order valence-electron chi connectivity index (χ3n) is 1.95. The second kappa shape index (κ2) is 5.30. The molecule has 0 saturated heterocycles. The van der Waals surface area contributed by atoms with E-state index < -0.39 is 51.1 Å². The van der Waals surface area contributed by atoms with E-state index in [1.54, 1.807) is 0 Å². The van der Waals surface area contributed by atoms with E-state index in [4.69, 9.17) is 5.11 Å². The lowest BCUT2D eigenvalue weighted by molar-refractivity contribution is 0.0695. The summed E-state index contributed by atoms with van der Waals surface area (Å²) < 4.78 is 52.9. The van der Waals surface area contributed by atoms with E-state index >= 15 is 0 Å². The summed E-state index contributed by atoms with van der Waals surface area (Å²) in [5, 5.41) is 8.55. The number of hydrogen-bond donors (Lipinski definition) is 1. The van der Waals surface area contributed by atoms with Gasteiger partial charge in [-0.05, 0) is 12.1 Å². The molecular formula is C10H10F2O5S. The highest BCUT2D eigenvalue weighted by atomic mass is 32.2. The molecule has 0 saturated carbocycles. The maximum atomic E-state index is 13.3. The average molecular weight is 280 g/mol. The van der Waals surface area contributed by atoms with Gasteiger partial charge in [-0.15, -0.1) is 0 Å². The van der Waals surface area contributed by atoms with Gasteiger partial charge in [-0.3, -0.25) is 0 Å². The van der Waals surface area contributed by atoms with Gasteiger partial charge < -0.3 is 9.84 Å². The molecule has 0 aromatic heterocycles. The number of benzene rings is 1. The van der Waals surface area contributed by atoms with E-state index in [-0.39, 0.29) is 0 Å². The second-order valence-corrected chi connectivity index (χ2v) is 5.81. The van der Waals surface area contributed by atoms with Crippen LogP contribution in [-0.4, -0.2) is 38.1 Å². The van der Waals surface area contributed by atoms with Crippen molar-refractivity contribution >= 4 is 15.8 Å². The number of carbonyl (C=O) groups is 1. The third kappa shape index (κ3) is 3.95. The molecule has 5 nitrogen and oxygen atoms in total. The minimum Gasteiger partial charge on any atom is -0.487 e. The molecule has 0 unspecified atom stereocenters. The quantitative estimate of drug-likeness (QED) is 0.873. The highest BCUT2D eigenvalue weighted by Gasteiger charge is 2.16. The molecule has 0 fully saturated rings. The van der Waals surface area contributed by atoms with Crippen LogP contribution in [0.2, 0.25) is 0 Å². The lowest BCUT2D eigenvalue weighted by atomic mass is 10.2. The molecule has 0 spiro atoms. The summed E-state index contributed by atoms with van der Waals surface area (Å²) in [6.45, 7) is -0.418. The van der Waals surface area contributed by atoms with Crippen molar-refractivity contribution in [2.45, 2.75) is 0 Å². The van der Waals surface area contributed by atoms with Crippen LogP contribution < -0.4 is 4.74 Å². The summed E-state index contributed by atoms with van der Waals surface area (Å²) in [7, 11) is -3.31. The van der Waals surface area contributed by atoms with Crippen LogP contribution in [0.4, 0.5) is 8.78 Å². The summed E-state index contributed by atoms with van der Waals surface area (Å²) in [5.74, 6) is -5.05. The molecule has 1 aromatic rings. The first-order valence-electron chi connectivity index (χ1n) is 4.73. The number of carboxylic acids is 1. The van der Waals surface area contributed by atoms with E-state index in [0.717, 1.165) is 6.26 Å². The fraction of sp³-hybridized carbons (Fsp3) is 0.300. The summed E-state index contributed by atoms with van der Waals surface area (Å²) in [6.07, 6.45) is 0.955. The number of halogens is 2. The molecular weight excluding hydrogens is 270 g/mol. The van der Waals surface area contributed by atoms with Crippen molar-refractivity contribution in [2.75, 3.05) is 18.6 Å². The highest BCUT2D eigenvalue weighted by molar-refractivity contribution is 7.90. The Kier molecular flexibility index (Phi) is 4.23. The first-order valence-corrected chi connectivity index (χ1v) is 6.79. The van der Waals surface area contributed by atoms with E-state index in [9.17, 15) is 22.0 Å². The van der Waals surface area contributed by atoms with Crippen molar-refractivity contribution in [3.8, 4) is 5.75 Å². The molecule has 8 heteroatoms. The Hall–Kier alpha value is -1.70. The lowest BCUT2D eigenvalue weighted by Crippen LogP contribution is -2.13. The number of sulfone groups is 1. The van der Waals surface area contributed by atoms with Gasteiger partial charge in [0.15, 0.2) is 27.2 Å². The minimum atomic E-state index is -3.31. The van der Waals surface area contributed by atoms with Crippen molar-refractivity contribution in [1.82, 2.24) is 0 Å². The van der Waals surface area contributed by atoms with Crippen molar-refractivity contribution in [2.24, 2.45) is 0 Å². The second-order valence-electron chi connectivity index (χ2n) is 3.55. The zero-order valence-electron chi connectivity index (χ0n) is 9.31. The molecule has 0 amide bonds. The topological polar surface area (TPSA) is 80.7 Å². The summed E-state index contributed by atoms with van der Waals surface area (Å²) in [5.41, 5.74) is -0.555. The van der Waals surface area contributed by atoms with Gasteiger partial charge >= 0.3 is 5.97 Å². The zero-order valence-corrected chi connectivity index (χ0v) is 10.1. The molecule has 1 rings (SSSR count). The summed E-state index contributed by atoms with van der Waals surface area (Å²) >= 11 is 0. The Morgan fingerprint density at radius 1 is 1.33 bits per heavy atom. The Labute approximate surface area is 102 Å². The Morgan fingerprint density at radius 2 is 1.83 bits per heavy atom. The fourth-order valence-corrected chi connectivity index (χ4v) is 1.50. The molecule has 100 valence electrons. The number of carboxylic acid groups (broad SMARTS) is 1. The van der Waals surface area contributed by atoms with Gasteiger partial charge in [0.05, 0.1) is 11.3 Å². The third-order valence-corrected chi connectivity index (χ3v) is 2.85. The van der Waals surface area contributed by atoms with E-state index in [1.165, 1.54) is 0 Å². The Bertz CT molecular complexity index is 545. The molecule has 1 aromatic carbocycles. The van der Waals surface area contributed by atoms with Crippen LogP contribution in [0.3, 0.4) is 0 Å². The number of rotatable bonds is 5. The first kappa shape index (κ1) is 14.4. The van der Waals surface area contributed by atoms with E-state index in [2.05, 4.69) is 4.74 Å². The largest absolute Gasteiger partial charge is 0.487 e. The van der Waals surface area contributed by atoms with Crippen LogP contribution in [0.1, 0.15) is 10.4 Å².